The fourth-order valence-corrected chi connectivity index (χ4v) is 4.86. The lowest BCUT2D eigenvalue weighted by molar-refractivity contribution is -0.136. The number of amides is 1. The molecule has 1 atom stereocenters. The number of carbonyl (C=O) groups excluding carboxylic acids is 2. The molecule has 1 aromatic rings. The van der Waals surface area contributed by atoms with Crippen LogP contribution >= 0.6 is 11.8 Å². The molecule has 1 saturated carbocycles. The number of esters is 1. The number of hydrogen-bond acceptors (Lipinski definition) is 8. The van der Waals surface area contributed by atoms with Crippen molar-refractivity contribution in [1.82, 2.24) is 10.2 Å². The van der Waals surface area contributed by atoms with E-state index < -0.39 is 12.0 Å². The van der Waals surface area contributed by atoms with Gasteiger partial charge in [0.05, 0.1) is 45.1 Å². The first-order chi connectivity index (χ1) is 15.5. The van der Waals surface area contributed by atoms with Crippen molar-refractivity contribution in [2.24, 2.45) is 10.9 Å². The van der Waals surface area contributed by atoms with E-state index in [-0.39, 0.29) is 12.3 Å². The van der Waals surface area contributed by atoms with Crippen LogP contribution in [-0.4, -0.2) is 49.8 Å². The predicted octanol–water partition coefficient (Wildman–Crippen LogP) is 3.37. The Hall–Kier alpha value is -2.94. The molecule has 1 fully saturated rings. The minimum Gasteiger partial charge on any atom is -0.497 e. The Morgan fingerprint density at radius 1 is 1.22 bits per heavy atom. The number of hydrogen-bond donors (Lipinski definition) is 1. The van der Waals surface area contributed by atoms with Crippen molar-refractivity contribution in [3.8, 4) is 11.5 Å². The summed E-state index contributed by atoms with van der Waals surface area (Å²) < 4.78 is 16.2. The number of thioether (sulfide) groups is 1. The number of allylic oxidation sites excluding steroid dienone is 1. The average Bonchev–Trinajstić information content (AvgIpc) is 3.56. The zero-order chi connectivity index (χ0) is 22.8. The molecule has 1 aliphatic carbocycles. The van der Waals surface area contributed by atoms with Gasteiger partial charge in [0.15, 0.2) is 5.17 Å². The van der Waals surface area contributed by atoms with Crippen LogP contribution in [0.5, 0.6) is 11.5 Å². The standard InChI is InChI=1S/C23H27N3O5S/c1-13-20(22(28)31-4)21(17-10-16(29-2)7-8-18(17)30-3)26-15(12-32-23(26)25-13)9-19(27)24-11-14-5-6-14/h7-8,10,12,14,21H,5-6,9,11H2,1-4H3,(H,24,27). The molecular formula is C23H27N3O5S. The highest BCUT2D eigenvalue weighted by molar-refractivity contribution is 8.16. The largest absolute Gasteiger partial charge is 0.497 e. The first kappa shape index (κ1) is 22.3. The van der Waals surface area contributed by atoms with Crippen molar-refractivity contribution in [2.75, 3.05) is 27.9 Å². The molecule has 1 amide bonds. The number of fused-ring (bicyclic) bond motifs is 1. The van der Waals surface area contributed by atoms with Crippen LogP contribution in [0.2, 0.25) is 0 Å². The van der Waals surface area contributed by atoms with E-state index in [1.807, 2.05) is 16.4 Å². The number of nitrogens with zero attached hydrogens (tertiary/aromatic N) is 2. The van der Waals surface area contributed by atoms with Gasteiger partial charge in [-0.15, -0.1) is 0 Å². The molecule has 1 N–H and O–H groups in total. The van der Waals surface area contributed by atoms with E-state index in [0.29, 0.717) is 40.4 Å². The van der Waals surface area contributed by atoms with Gasteiger partial charge in [-0.3, -0.25) is 4.79 Å². The fourth-order valence-electron chi connectivity index (χ4n) is 3.90. The number of methoxy groups -OCH3 is 3. The van der Waals surface area contributed by atoms with E-state index in [4.69, 9.17) is 14.2 Å². The first-order valence-corrected chi connectivity index (χ1v) is 11.4. The highest BCUT2D eigenvalue weighted by Gasteiger charge is 2.42. The molecule has 32 heavy (non-hydrogen) atoms. The molecule has 0 aromatic heterocycles. The van der Waals surface area contributed by atoms with Crippen molar-refractivity contribution >= 4 is 28.8 Å². The number of rotatable bonds is 8. The Morgan fingerprint density at radius 2 is 2.00 bits per heavy atom. The molecule has 9 heteroatoms. The van der Waals surface area contributed by atoms with E-state index in [2.05, 4.69) is 10.3 Å². The minimum absolute atomic E-state index is 0.0488. The Kier molecular flexibility index (Phi) is 6.45. The zero-order valence-electron chi connectivity index (χ0n) is 18.6. The lowest BCUT2D eigenvalue weighted by Gasteiger charge is -2.36. The van der Waals surface area contributed by atoms with Crippen LogP contribution in [0.3, 0.4) is 0 Å². The quantitative estimate of drug-likeness (QED) is 0.599. The molecule has 0 radical (unpaired) electrons. The molecule has 1 aromatic carbocycles. The molecule has 8 nitrogen and oxygen atoms in total. The molecule has 4 rings (SSSR count). The third-order valence-corrected chi connectivity index (χ3v) is 6.65. The van der Waals surface area contributed by atoms with Crippen molar-refractivity contribution in [1.29, 1.82) is 0 Å². The van der Waals surface area contributed by atoms with Crippen molar-refractivity contribution in [3.05, 3.63) is 46.1 Å². The lowest BCUT2D eigenvalue weighted by Crippen LogP contribution is -2.38. The predicted molar refractivity (Wildman–Crippen MR) is 122 cm³/mol. The Balaban J connectivity index is 1.74. The molecule has 170 valence electrons. The summed E-state index contributed by atoms with van der Waals surface area (Å²) >= 11 is 1.44. The van der Waals surface area contributed by atoms with Crippen LogP contribution in [0.4, 0.5) is 0 Å². The summed E-state index contributed by atoms with van der Waals surface area (Å²) in [6.07, 6.45) is 2.53. The van der Waals surface area contributed by atoms with Gasteiger partial charge in [0, 0.05) is 17.8 Å². The highest BCUT2D eigenvalue weighted by Crippen LogP contribution is 2.47. The molecular weight excluding hydrogens is 430 g/mol. The molecule has 0 spiro atoms. The molecule has 2 heterocycles. The van der Waals surface area contributed by atoms with Gasteiger partial charge in [0.1, 0.15) is 11.5 Å². The topological polar surface area (TPSA) is 89.5 Å². The van der Waals surface area contributed by atoms with Crippen LogP contribution < -0.4 is 14.8 Å². The maximum Gasteiger partial charge on any atom is 0.338 e. The number of ether oxygens (including phenoxy) is 3. The summed E-state index contributed by atoms with van der Waals surface area (Å²) in [6, 6.07) is 4.88. The molecule has 0 bridgehead atoms. The average molecular weight is 458 g/mol. The summed E-state index contributed by atoms with van der Waals surface area (Å²) in [5.74, 6) is 1.30. The summed E-state index contributed by atoms with van der Waals surface area (Å²) in [7, 11) is 4.52. The highest BCUT2D eigenvalue weighted by atomic mass is 32.2. The molecule has 0 saturated heterocycles. The SMILES string of the molecule is COC(=O)C1=C(C)N=C2SC=C(CC(=O)NCC3CC3)N2C1c1cc(OC)ccc1OC. The molecule has 1 unspecified atom stereocenters. The van der Waals surface area contributed by atoms with Crippen LogP contribution in [0, 0.1) is 5.92 Å². The van der Waals surface area contributed by atoms with Gasteiger partial charge in [-0.1, -0.05) is 11.8 Å². The number of carbonyl (C=O) groups is 2. The van der Waals surface area contributed by atoms with Gasteiger partial charge in [-0.25, -0.2) is 9.79 Å². The second-order valence-corrected chi connectivity index (χ2v) is 8.75. The van der Waals surface area contributed by atoms with Gasteiger partial charge in [0.25, 0.3) is 0 Å². The zero-order valence-corrected chi connectivity index (χ0v) is 19.5. The number of benzene rings is 1. The summed E-state index contributed by atoms with van der Waals surface area (Å²) in [5, 5.41) is 5.64. The number of aliphatic imine (C=N–C) groups is 1. The third kappa shape index (κ3) is 4.34. The summed E-state index contributed by atoms with van der Waals surface area (Å²) in [6.45, 7) is 2.50. The monoisotopic (exact) mass is 457 g/mol. The second kappa shape index (κ2) is 9.28. The van der Waals surface area contributed by atoms with Crippen LogP contribution in [0.15, 0.2) is 45.6 Å². The second-order valence-electron chi connectivity index (χ2n) is 7.92. The van der Waals surface area contributed by atoms with Crippen molar-refractivity contribution < 1.29 is 23.8 Å². The Bertz CT molecular complexity index is 1030. The number of nitrogens with one attached hydrogen (secondary N) is 1. The van der Waals surface area contributed by atoms with Gasteiger partial charge in [-0.2, -0.15) is 0 Å². The van der Waals surface area contributed by atoms with E-state index in [0.717, 1.165) is 11.3 Å². The van der Waals surface area contributed by atoms with E-state index in [1.165, 1.54) is 31.7 Å². The van der Waals surface area contributed by atoms with E-state index >= 15 is 0 Å². The Morgan fingerprint density at radius 3 is 2.66 bits per heavy atom. The third-order valence-electron chi connectivity index (χ3n) is 5.76. The minimum atomic E-state index is -0.572. The Labute approximate surface area is 191 Å². The van der Waals surface area contributed by atoms with E-state index in [9.17, 15) is 9.59 Å². The maximum absolute atomic E-state index is 12.9. The lowest BCUT2D eigenvalue weighted by atomic mass is 9.93. The first-order valence-electron chi connectivity index (χ1n) is 10.5. The van der Waals surface area contributed by atoms with E-state index in [1.54, 1.807) is 33.3 Å². The normalized spacial score (nSPS) is 19.8. The van der Waals surface area contributed by atoms with Gasteiger partial charge in [0.2, 0.25) is 5.91 Å². The van der Waals surface area contributed by atoms with Crippen LogP contribution in [0.25, 0.3) is 0 Å². The fraction of sp³-hybridized carbons (Fsp3) is 0.435. The van der Waals surface area contributed by atoms with Crippen molar-refractivity contribution in [2.45, 2.75) is 32.2 Å². The van der Waals surface area contributed by atoms with Crippen LogP contribution in [-0.2, 0) is 14.3 Å². The molecule has 3 aliphatic rings. The maximum atomic E-state index is 12.9. The van der Waals surface area contributed by atoms with Gasteiger partial charge < -0.3 is 24.4 Å². The van der Waals surface area contributed by atoms with Gasteiger partial charge in [-0.05, 0) is 49.3 Å². The number of amidine groups is 1. The summed E-state index contributed by atoms with van der Waals surface area (Å²) in [4.78, 5) is 32.1. The van der Waals surface area contributed by atoms with Crippen molar-refractivity contribution in [3.63, 3.8) is 0 Å². The molecule has 2 aliphatic heterocycles. The van der Waals surface area contributed by atoms with Gasteiger partial charge >= 0.3 is 5.97 Å². The smallest absolute Gasteiger partial charge is 0.338 e. The van der Waals surface area contributed by atoms with Crippen LogP contribution in [0.1, 0.15) is 37.8 Å². The summed E-state index contributed by atoms with van der Waals surface area (Å²) in [5.41, 5.74) is 2.46.